The molecule has 0 radical (unpaired) electrons. The van der Waals surface area contributed by atoms with Crippen molar-refractivity contribution in [2.75, 3.05) is 13.2 Å². The molecule has 5 heteroatoms. The van der Waals surface area contributed by atoms with Crippen molar-refractivity contribution in [2.45, 2.75) is 51.6 Å². The predicted molar refractivity (Wildman–Crippen MR) is 103 cm³/mol. The van der Waals surface area contributed by atoms with Gasteiger partial charge in [-0.25, -0.2) is 0 Å². The van der Waals surface area contributed by atoms with Gasteiger partial charge in [-0.3, -0.25) is 9.59 Å². The molecule has 0 saturated heterocycles. The second kappa shape index (κ2) is 7.59. The molecule has 0 unspecified atom stereocenters. The van der Waals surface area contributed by atoms with Gasteiger partial charge in [0.15, 0.2) is 0 Å². The third-order valence-electron chi connectivity index (χ3n) is 5.57. The van der Waals surface area contributed by atoms with E-state index in [1.165, 1.54) is 17.7 Å². The fourth-order valence-corrected chi connectivity index (χ4v) is 4.39. The summed E-state index contributed by atoms with van der Waals surface area (Å²) in [5.41, 5.74) is 4.36. The largest absolute Gasteiger partial charge is 0.466 e. The maximum atomic E-state index is 13.2. The van der Waals surface area contributed by atoms with E-state index in [9.17, 15) is 9.59 Å². The first kappa shape index (κ1) is 17.8. The molecule has 0 fully saturated rings. The van der Waals surface area contributed by atoms with Crippen molar-refractivity contribution in [3.8, 4) is 0 Å². The molecule has 142 valence electrons. The van der Waals surface area contributed by atoms with Gasteiger partial charge in [0.2, 0.25) is 0 Å². The second-order valence-corrected chi connectivity index (χ2v) is 7.41. The lowest BCUT2D eigenvalue weighted by Crippen LogP contribution is -2.43. The van der Waals surface area contributed by atoms with E-state index in [4.69, 9.17) is 4.74 Å². The van der Waals surface area contributed by atoms with Gasteiger partial charge in [0.1, 0.15) is 5.69 Å². The van der Waals surface area contributed by atoms with Gasteiger partial charge in [0.25, 0.3) is 5.91 Å². The Morgan fingerprint density at radius 1 is 1.19 bits per heavy atom. The van der Waals surface area contributed by atoms with Crippen molar-refractivity contribution in [1.82, 2.24) is 9.47 Å². The molecular formula is C22H26N2O3. The Morgan fingerprint density at radius 3 is 2.74 bits per heavy atom. The maximum absolute atomic E-state index is 13.2. The number of fused-ring (bicyclic) bond motifs is 3. The van der Waals surface area contributed by atoms with Crippen LogP contribution < -0.4 is 0 Å². The highest BCUT2D eigenvalue weighted by atomic mass is 16.5. The van der Waals surface area contributed by atoms with Crippen LogP contribution in [0.1, 0.15) is 59.5 Å². The Balaban J connectivity index is 1.67. The molecule has 1 aromatic heterocycles. The monoisotopic (exact) mass is 366 g/mol. The summed E-state index contributed by atoms with van der Waals surface area (Å²) in [6, 6.07) is 12.0. The van der Waals surface area contributed by atoms with Crippen molar-refractivity contribution in [2.24, 2.45) is 0 Å². The number of esters is 1. The highest BCUT2D eigenvalue weighted by molar-refractivity contribution is 5.94. The first-order chi connectivity index (χ1) is 13.2. The SMILES string of the molecule is CCOC(=O)C[C@H]1CN(Cc2ccccc2)C(=O)c2cc3c(n21)CCCC3. The normalized spacial score (nSPS) is 18.8. The van der Waals surface area contributed by atoms with Crippen LogP contribution in [0, 0.1) is 0 Å². The Bertz CT molecular complexity index is 841. The van der Waals surface area contributed by atoms with Gasteiger partial charge in [-0.2, -0.15) is 0 Å². The lowest BCUT2D eigenvalue weighted by molar-refractivity contribution is -0.144. The molecule has 1 atom stereocenters. The van der Waals surface area contributed by atoms with Gasteiger partial charge >= 0.3 is 5.97 Å². The average molecular weight is 366 g/mol. The highest BCUT2D eigenvalue weighted by Gasteiger charge is 2.36. The van der Waals surface area contributed by atoms with Crippen molar-refractivity contribution in [3.63, 3.8) is 0 Å². The van der Waals surface area contributed by atoms with Gasteiger partial charge in [0.05, 0.1) is 19.1 Å². The summed E-state index contributed by atoms with van der Waals surface area (Å²) < 4.78 is 7.35. The molecule has 0 N–H and O–H groups in total. The van der Waals surface area contributed by atoms with E-state index in [2.05, 4.69) is 10.6 Å². The molecule has 2 heterocycles. The van der Waals surface area contributed by atoms with Crippen LogP contribution in [-0.2, 0) is 28.9 Å². The van der Waals surface area contributed by atoms with Crippen LogP contribution in [0.3, 0.4) is 0 Å². The van der Waals surface area contributed by atoms with Crippen LogP contribution in [0.5, 0.6) is 0 Å². The zero-order valence-corrected chi connectivity index (χ0v) is 15.8. The zero-order valence-electron chi connectivity index (χ0n) is 15.8. The van der Waals surface area contributed by atoms with Crippen molar-refractivity contribution >= 4 is 11.9 Å². The fourth-order valence-electron chi connectivity index (χ4n) is 4.39. The van der Waals surface area contributed by atoms with E-state index in [-0.39, 0.29) is 17.9 Å². The Labute approximate surface area is 159 Å². The molecule has 0 spiro atoms. The minimum absolute atomic E-state index is 0.0534. The van der Waals surface area contributed by atoms with Gasteiger partial charge in [-0.1, -0.05) is 30.3 Å². The minimum Gasteiger partial charge on any atom is -0.466 e. The summed E-state index contributed by atoms with van der Waals surface area (Å²) in [7, 11) is 0. The van der Waals surface area contributed by atoms with Crippen molar-refractivity contribution in [3.05, 3.63) is 58.9 Å². The number of carbonyl (C=O) groups is 2. The van der Waals surface area contributed by atoms with Crippen LogP contribution >= 0.6 is 0 Å². The number of aryl methyl sites for hydroxylation is 1. The van der Waals surface area contributed by atoms with E-state index in [0.29, 0.717) is 26.1 Å². The van der Waals surface area contributed by atoms with E-state index in [0.717, 1.165) is 30.5 Å². The molecule has 2 aromatic rings. The molecule has 5 nitrogen and oxygen atoms in total. The molecule has 0 saturated carbocycles. The lowest BCUT2D eigenvalue weighted by atomic mass is 9.97. The van der Waals surface area contributed by atoms with Crippen molar-refractivity contribution in [1.29, 1.82) is 0 Å². The van der Waals surface area contributed by atoms with Gasteiger partial charge in [-0.05, 0) is 49.8 Å². The lowest BCUT2D eigenvalue weighted by Gasteiger charge is -2.36. The van der Waals surface area contributed by atoms with Crippen LogP contribution in [-0.4, -0.2) is 34.5 Å². The fraction of sp³-hybridized carbons (Fsp3) is 0.455. The standard InChI is InChI=1S/C22H26N2O3/c1-2-27-21(25)13-18-15-23(14-16-8-4-3-5-9-16)22(26)20-12-17-10-6-7-11-19(17)24(18)20/h3-5,8-9,12,18H,2,6-7,10-11,13-15H2,1H3/t18-/m0/s1. The topological polar surface area (TPSA) is 51.5 Å². The summed E-state index contributed by atoms with van der Waals surface area (Å²) in [6.07, 6.45) is 4.62. The van der Waals surface area contributed by atoms with E-state index < -0.39 is 0 Å². The number of hydrogen-bond acceptors (Lipinski definition) is 3. The molecule has 4 rings (SSSR count). The van der Waals surface area contributed by atoms with Crippen LogP contribution in [0.4, 0.5) is 0 Å². The predicted octanol–water partition coefficient (Wildman–Crippen LogP) is 3.52. The van der Waals surface area contributed by atoms with Crippen LogP contribution in [0.25, 0.3) is 0 Å². The highest BCUT2D eigenvalue weighted by Crippen LogP contribution is 2.34. The number of nitrogens with zero attached hydrogens (tertiary/aromatic N) is 2. The van der Waals surface area contributed by atoms with Gasteiger partial charge in [0, 0.05) is 18.8 Å². The van der Waals surface area contributed by atoms with E-state index in [1.54, 1.807) is 0 Å². The minimum atomic E-state index is -0.194. The Hall–Kier alpha value is -2.56. The third-order valence-corrected chi connectivity index (χ3v) is 5.57. The number of aromatic nitrogens is 1. The Kier molecular flexibility index (Phi) is 5.01. The number of hydrogen-bond donors (Lipinski definition) is 0. The zero-order chi connectivity index (χ0) is 18.8. The quantitative estimate of drug-likeness (QED) is 0.761. The molecule has 27 heavy (non-hydrogen) atoms. The average Bonchev–Trinajstić information content (AvgIpc) is 3.07. The molecule has 0 bridgehead atoms. The molecule has 1 amide bonds. The summed E-state index contributed by atoms with van der Waals surface area (Å²) >= 11 is 0. The van der Waals surface area contributed by atoms with Gasteiger partial charge in [-0.15, -0.1) is 0 Å². The number of ether oxygens (including phenoxy) is 1. The summed E-state index contributed by atoms with van der Waals surface area (Å²) in [5, 5.41) is 0. The summed E-state index contributed by atoms with van der Waals surface area (Å²) in [4.78, 5) is 27.3. The maximum Gasteiger partial charge on any atom is 0.307 e. The summed E-state index contributed by atoms with van der Waals surface area (Å²) in [5.74, 6) is -0.130. The number of benzene rings is 1. The van der Waals surface area contributed by atoms with Crippen molar-refractivity contribution < 1.29 is 14.3 Å². The number of rotatable bonds is 5. The third kappa shape index (κ3) is 3.51. The number of carbonyl (C=O) groups excluding carboxylic acids is 2. The second-order valence-electron chi connectivity index (χ2n) is 7.41. The van der Waals surface area contributed by atoms with Gasteiger partial charge < -0.3 is 14.2 Å². The first-order valence-corrected chi connectivity index (χ1v) is 9.89. The first-order valence-electron chi connectivity index (χ1n) is 9.89. The number of amides is 1. The molecule has 1 aromatic carbocycles. The molecule has 1 aliphatic carbocycles. The molecular weight excluding hydrogens is 340 g/mol. The molecule has 2 aliphatic rings. The van der Waals surface area contributed by atoms with E-state index >= 15 is 0 Å². The molecule has 1 aliphatic heterocycles. The van der Waals surface area contributed by atoms with Crippen LogP contribution in [0.15, 0.2) is 36.4 Å². The Morgan fingerprint density at radius 2 is 1.96 bits per heavy atom. The smallest absolute Gasteiger partial charge is 0.307 e. The summed E-state index contributed by atoms with van der Waals surface area (Å²) in [6.45, 7) is 3.32. The van der Waals surface area contributed by atoms with Crippen LogP contribution in [0.2, 0.25) is 0 Å². The van der Waals surface area contributed by atoms with E-state index in [1.807, 2.05) is 42.2 Å².